The molecule has 0 aliphatic carbocycles. The first-order valence-corrected chi connectivity index (χ1v) is 8.35. The van der Waals surface area contributed by atoms with Crippen LogP contribution in [-0.2, 0) is 13.1 Å². The van der Waals surface area contributed by atoms with Gasteiger partial charge < -0.3 is 14.8 Å². The predicted molar refractivity (Wildman–Crippen MR) is 87.1 cm³/mol. The molecular weight excluding hydrogens is 280 g/mol. The molecule has 1 saturated heterocycles. The lowest BCUT2D eigenvalue weighted by Crippen LogP contribution is -2.40. The summed E-state index contributed by atoms with van der Waals surface area (Å²) in [6.45, 7) is 6.53. The molecule has 1 aromatic rings. The van der Waals surface area contributed by atoms with Crippen LogP contribution >= 0.6 is 0 Å². The van der Waals surface area contributed by atoms with E-state index in [1.54, 1.807) is 0 Å². The summed E-state index contributed by atoms with van der Waals surface area (Å²) in [6.07, 6.45) is 5.10. The molecule has 5 nitrogen and oxygen atoms in total. The minimum atomic E-state index is -0.296. The molecule has 0 aromatic carbocycles. The number of likely N-dealkylation sites (tertiary alicyclic amines) is 1. The van der Waals surface area contributed by atoms with Crippen molar-refractivity contribution in [1.82, 2.24) is 9.47 Å². The van der Waals surface area contributed by atoms with Crippen LogP contribution in [0.4, 0.5) is 0 Å². The summed E-state index contributed by atoms with van der Waals surface area (Å²) in [4.78, 5) is 14.2. The Morgan fingerprint density at radius 1 is 1.36 bits per heavy atom. The topological polar surface area (TPSA) is 65.7 Å². The average Bonchev–Trinajstić information content (AvgIpc) is 2.50. The molecule has 1 atom stereocenters. The van der Waals surface area contributed by atoms with E-state index in [-0.39, 0.29) is 17.8 Å². The summed E-state index contributed by atoms with van der Waals surface area (Å²) in [5.74, 6) is -0.118. The Kier molecular flexibility index (Phi) is 6.03. The minimum Gasteiger partial charge on any atom is -0.503 e. The van der Waals surface area contributed by atoms with Crippen molar-refractivity contribution in [1.29, 1.82) is 0 Å². The molecule has 2 N–H and O–H groups in total. The number of piperidine rings is 1. The number of pyridine rings is 1. The third-order valence-electron chi connectivity index (χ3n) is 4.61. The Morgan fingerprint density at radius 3 is 2.82 bits per heavy atom. The monoisotopic (exact) mass is 308 g/mol. The Morgan fingerprint density at radius 2 is 2.14 bits per heavy atom. The van der Waals surface area contributed by atoms with Gasteiger partial charge in [-0.3, -0.25) is 9.69 Å². The number of nitrogens with zero attached hydrogens (tertiary/aromatic N) is 2. The number of aliphatic hydroxyl groups excluding tert-OH is 1. The first kappa shape index (κ1) is 17.0. The minimum absolute atomic E-state index is 0.118. The molecule has 0 spiro atoms. The van der Waals surface area contributed by atoms with E-state index in [0.717, 1.165) is 50.2 Å². The Bertz CT molecular complexity index is 552. The van der Waals surface area contributed by atoms with Gasteiger partial charge in [0.1, 0.15) is 0 Å². The summed E-state index contributed by atoms with van der Waals surface area (Å²) < 4.78 is 2.06. The second kappa shape index (κ2) is 7.79. The molecule has 1 unspecified atom stereocenters. The number of aryl methyl sites for hydroxylation is 1. The van der Waals surface area contributed by atoms with Gasteiger partial charge in [-0.1, -0.05) is 13.3 Å². The van der Waals surface area contributed by atoms with Crippen molar-refractivity contribution in [2.75, 3.05) is 13.2 Å². The summed E-state index contributed by atoms with van der Waals surface area (Å²) in [7, 11) is 0. The van der Waals surface area contributed by atoms with Gasteiger partial charge in [0.25, 0.3) is 0 Å². The van der Waals surface area contributed by atoms with Crippen molar-refractivity contribution in [3.05, 3.63) is 27.7 Å². The zero-order chi connectivity index (χ0) is 16.1. The molecule has 1 fully saturated rings. The van der Waals surface area contributed by atoms with Gasteiger partial charge in [-0.25, -0.2) is 0 Å². The van der Waals surface area contributed by atoms with Gasteiger partial charge in [0, 0.05) is 37.5 Å². The fraction of sp³-hybridized carbons (Fsp3) is 0.706. The van der Waals surface area contributed by atoms with Crippen molar-refractivity contribution in [2.45, 2.75) is 65.1 Å². The molecule has 0 radical (unpaired) electrons. The van der Waals surface area contributed by atoms with Crippen LogP contribution in [0.1, 0.15) is 50.4 Å². The molecule has 2 rings (SSSR count). The van der Waals surface area contributed by atoms with Crippen LogP contribution in [-0.4, -0.2) is 38.9 Å². The first-order valence-electron chi connectivity index (χ1n) is 8.35. The standard InChI is InChI=1S/C17H28N2O3/c1-3-8-19-13(2)11-16(21)17(22)15(19)12-18-9-5-4-6-14(18)7-10-20/h11,14,20,22H,3-10,12H2,1-2H3. The number of hydrogen-bond donors (Lipinski definition) is 2. The smallest absolute Gasteiger partial charge is 0.223 e. The Balaban J connectivity index is 2.32. The summed E-state index contributed by atoms with van der Waals surface area (Å²) in [6, 6.07) is 1.85. The third kappa shape index (κ3) is 3.70. The first-order chi connectivity index (χ1) is 10.6. The van der Waals surface area contributed by atoms with Crippen molar-refractivity contribution in [3.8, 4) is 5.75 Å². The van der Waals surface area contributed by atoms with Crippen LogP contribution in [0.15, 0.2) is 10.9 Å². The largest absolute Gasteiger partial charge is 0.503 e. The zero-order valence-electron chi connectivity index (χ0n) is 13.7. The van der Waals surface area contributed by atoms with E-state index >= 15 is 0 Å². The number of hydrogen-bond acceptors (Lipinski definition) is 4. The van der Waals surface area contributed by atoms with Crippen LogP contribution in [0.3, 0.4) is 0 Å². The molecule has 1 aromatic heterocycles. The normalized spacial score (nSPS) is 19.5. The molecule has 1 aliphatic heterocycles. The van der Waals surface area contributed by atoms with Crippen LogP contribution in [0.25, 0.3) is 0 Å². The number of aromatic nitrogens is 1. The average molecular weight is 308 g/mol. The lowest BCUT2D eigenvalue weighted by Gasteiger charge is -2.36. The lowest BCUT2D eigenvalue weighted by molar-refractivity contribution is 0.108. The zero-order valence-corrected chi connectivity index (χ0v) is 13.7. The van der Waals surface area contributed by atoms with Gasteiger partial charge >= 0.3 is 0 Å². The second-order valence-corrected chi connectivity index (χ2v) is 6.23. The fourth-order valence-electron chi connectivity index (χ4n) is 3.45. The van der Waals surface area contributed by atoms with Gasteiger partial charge in [0.15, 0.2) is 5.75 Å². The van der Waals surface area contributed by atoms with E-state index in [9.17, 15) is 15.0 Å². The number of rotatable bonds is 6. The summed E-state index contributed by atoms with van der Waals surface area (Å²) in [5.41, 5.74) is 1.32. The Hall–Kier alpha value is -1.33. The maximum Gasteiger partial charge on any atom is 0.223 e. The lowest BCUT2D eigenvalue weighted by atomic mass is 9.99. The molecule has 124 valence electrons. The van der Waals surface area contributed by atoms with Crippen LogP contribution in [0.2, 0.25) is 0 Å². The summed E-state index contributed by atoms with van der Waals surface area (Å²) >= 11 is 0. The Labute approximate surface area is 132 Å². The van der Waals surface area contributed by atoms with Crippen molar-refractivity contribution < 1.29 is 10.2 Å². The van der Waals surface area contributed by atoms with E-state index in [2.05, 4.69) is 16.4 Å². The van der Waals surface area contributed by atoms with Gasteiger partial charge in [0.2, 0.25) is 5.43 Å². The number of aromatic hydroxyl groups is 1. The van der Waals surface area contributed by atoms with Crippen LogP contribution in [0, 0.1) is 6.92 Å². The van der Waals surface area contributed by atoms with Crippen molar-refractivity contribution in [3.63, 3.8) is 0 Å². The van der Waals surface area contributed by atoms with Crippen molar-refractivity contribution in [2.24, 2.45) is 0 Å². The molecule has 2 heterocycles. The molecule has 0 amide bonds. The van der Waals surface area contributed by atoms with Gasteiger partial charge in [-0.2, -0.15) is 0 Å². The molecule has 1 aliphatic rings. The maximum atomic E-state index is 11.9. The summed E-state index contributed by atoms with van der Waals surface area (Å²) in [5, 5.41) is 19.5. The predicted octanol–water partition coefficient (Wildman–Crippen LogP) is 2.01. The quantitative estimate of drug-likeness (QED) is 0.844. The highest BCUT2D eigenvalue weighted by atomic mass is 16.3. The van der Waals surface area contributed by atoms with E-state index in [1.165, 1.54) is 12.5 Å². The van der Waals surface area contributed by atoms with E-state index in [0.29, 0.717) is 12.6 Å². The van der Waals surface area contributed by atoms with Gasteiger partial charge in [0.05, 0.1) is 5.69 Å². The fourth-order valence-corrected chi connectivity index (χ4v) is 3.45. The van der Waals surface area contributed by atoms with E-state index in [1.807, 2.05) is 6.92 Å². The molecule has 5 heteroatoms. The SMILES string of the molecule is CCCn1c(C)cc(=O)c(O)c1CN1CCCCC1CCO. The van der Waals surface area contributed by atoms with Crippen LogP contribution < -0.4 is 5.43 Å². The number of aliphatic hydroxyl groups is 1. The van der Waals surface area contributed by atoms with Crippen molar-refractivity contribution >= 4 is 0 Å². The highest BCUT2D eigenvalue weighted by molar-refractivity contribution is 5.30. The highest BCUT2D eigenvalue weighted by Gasteiger charge is 2.24. The van der Waals surface area contributed by atoms with Gasteiger partial charge in [-0.15, -0.1) is 0 Å². The molecule has 0 bridgehead atoms. The maximum absolute atomic E-state index is 11.9. The van der Waals surface area contributed by atoms with E-state index < -0.39 is 0 Å². The highest BCUT2D eigenvalue weighted by Crippen LogP contribution is 2.24. The van der Waals surface area contributed by atoms with Gasteiger partial charge in [-0.05, 0) is 39.2 Å². The second-order valence-electron chi connectivity index (χ2n) is 6.23. The van der Waals surface area contributed by atoms with E-state index in [4.69, 9.17) is 0 Å². The molecular formula is C17H28N2O3. The third-order valence-corrected chi connectivity index (χ3v) is 4.61. The van der Waals surface area contributed by atoms with Crippen LogP contribution in [0.5, 0.6) is 5.75 Å². The molecule has 22 heavy (non-hydrogen) atoms. The molecule has 0 saturated carbocycles.